The van der Waals surface area contributed by atoms with Crippen molar-refractivity contribution in [3.63, 3.8) is 0 Å². The summed E-state index contributed by atoms with van der Waals surface area (Å²) in [5, 5.41) is 11.9. The molecule has 1 fully saturated rings. The lowest BCUT2D eigenvalue weighted by molar-refractivity contribution is -0.385. The molecule has 3 aliphatic rings. The highest BCUT2D eigenvalue weighted by atomic mass is 19.1. The second-order valence-electron chi connectivity index (χ2n) is 9.99. The highest BCUT2D eigenvalue weighted by Crippen LogP contribution is 2.38. The topological polar surface area (TPSA) is 111 Å². The Morgan fingerprint density at radius 2 is 1.97 bits per heavy atom. The van der Waals surface area contributed by atoms with Gasteiger partial charge < -0.3 is 14.4 Å². The number of nitro groups is 1. The predicted octanol–water partition coefficient (Wildman–Crippen LogP) is 4.85. The highest BCUT2D eigenvalue weighted by Gasteiger charge is 2.34. The van der Waals surface area contributed by atoms with Gasteiger partial charge in [-0.05, 0) is 63.7 Å². The number of carbonyl (C=O) groups is 1. The summed E-state index contributed by atoms with van der Waals surface area (Å²) in [6.45, 7) is 8.10. The quantitative estimate of drug-likeness (QED) is 0.410. The average Bonchev–Trinajstić information content (AvgIpc) is 2.82. The fraction of sp³-hybridized carbons (Fsp3) is 0.480. The molecule has 0 spiro atoms. The van der Waals surface area contributed by atoms with Crippen LogP contribution < -0.4 is 9.64 Å². The van der Waals surface area contributed by atoms with Gasteiger partial charge in [-0.3, -0.25) is 15.0 Å². The number of nitrogens with zero attached hydrogens (tertiary/aromatic N) is 5. The van der Waals surface area contributed by atoms with Crippen LogP contribution >= 0.6 is 0 Å². The second-order valence-corrected chi connectivity index (χ2v) is 9.99. The molecule has 10 nitrogen and oxygen atoms in total. The van der Waals surface area contributed by atoms with E-state index in [1.54, 1.807) is 26.8 Å². The van der Waals surface area contributed by atoms with Gasteiger partial charge in [-0.2, -0.15) is 9.97 Å². The summed E-state index contributed by atoms with van der Waals surface area (Å²) < 4.78 is 26.0. The lowest BCUT2D eigenvalue weighted by Gasteiger charge is -2.39. The molecule has 0 N–H and O–H groups in total. The maximum absolute atomic E-state index is 15.4. The van der Waals surface area contributed by atoms with E-state index >= 15 is 4.39 Å². The highest BCUT2D eigenvalue weighted by molar-refractivity contribution is 5.89. The van der Waals surface area contributed by atoms with Crippen LogP contribution in [-0.4, -0.2) is 51.7 Å². The van der Waals surface area contributed by atoms with Gasteiger partial charge in [0.05, 0.1) is 18.6 Å². The molecule has 0 saturated carbocycles. The van der Waals surface area contributed by atoms with Gasteiger partial charge in [0.25, 0.3) is 0 Å². The lowest BCUT2D eigenvalue weighted by atomic mass is 9.82. The van der Waals surface area contributed by atoms with Gasteiger partial charge >= 0.3 is 17.8 Å². The minimum Gasteiger partial charge on any atom is -0.467 e. The van der Waals surface area contributed by atoms with Crippen LogP contribution in [0.5, 0.6) is 6.01 Å². The number of ether oxygens (including phenoxy) is 2. The Morgan fingerprint density at radius 3 is 2.50 bits per heavy atom. The van der Waals surface area contributed by atoms with E-state index in [0.29, 0.717) is 5.92 Å². The van der Waals surface area contributed by atoms with Gasteiger partial charge in [-0.15, -0.1) is 0 Å². The van der Waals surface area contributed by atoms with Crippen LogP contribution in [0.25, 0.3) is 5.57 Å². The summed E-state index contributed by atoms with van der Waals surface area (Å²) in [4.78, 5) is 35.6. The normalized spacial score (nSPS) is 15.5. The monoisotopic (exact) mass is 499 g/mol. The number of benzene rings is 1. The first-order valence-electron chi connectivity index (χ1n) is 11.8. The lowest BCUT2D eigenvalue weighted by Crippen LogP contribution is -2.38. The van der Waals surface area contributed by atoms with E-state index in [-0.39, 0.29) is 29.6 Å². The average molecular weight is 500 g/mol. The van der Waals surface area contributed by atoms with Crippen LogP contribution in [0.4, 0.5) is 20.7 Å². The molecule has 2 bridgehead atoms. The number of methoxy groups -OCH3 is 1. The molecule has 192 valence electrons. The summed E-state index contributed by atoms with van der Waals surface area (Å²) in [5.41, 5.74) is 0.669. The molecule has 0 aliphatic carbocycles. The Labute approximate surface area is 208 Å². The van der Waals surface area contributed by atoms with Crippen LogP contribution in [0.15, 0.2) is 24.4 Å². The van der Waals surface area contributed by atoms with Crippen molar-refractivity contribution in [3.8, 4) is 6.01 Å². The molecule has 11 heteroatoms. The molecule has 4 heterocycles. The first-order valence-corrected chi connectivity index (χ1v) is 11.8. The van der Waals surface area contributed by atoms with Crippen molar-refractivity contribution in [2.24, 2.45) is 5.92 Å². The molecule has 0 atom stereocenters. The number of allylic oxidation sites excluding steroid dienone is 1. The zero-order valence-electron chi connectivity index (χ0n) is 21.1. The molecule has 2 aromatic rings. The zero-order valence-corrected chi connectivity index (χ0v) is 21.1. The van der Waals surface area contributed by atoms with Crippen LogP contribution in [0.3, 0.4) is 0 Å². The van der Waals surface area contributed by atoms with E-state index in [1.807, 2.05) is 6.07 Å². The van der Waals surface area contributed by atoms with Gasteiger partial charge in [0, 0.05) is 24.9 Å². The Hall–Kier alpha value is -3.76. The third-order valence-electron chi connectivity index (χ3n) is 6.26. The first-order chi connectivity index (χ1) is 17.0. The van der Waals surface area contributed by atoms with Crippen LogP contribution in [0.2, 0.25) is 0 Å². The SMILES string of the molecule is COc1nc(C)c([N+](=O)[O-])c(N(Cc2ccc(C3=CN4CCC3CC4)cc2F)C(=O)OC(C)(C)C)n1. The molecule has 1 saturated heterocycles. The van der Waals surface area contributed by atoms with Gasteiger partial charge in [-0.1, -0.05) is 12.1 Å². The van der Waals surface area contributed by atoms with E-state index < -0.39 is 28.1 Å². The van der Waals surface area contributed by atoms with E-state index in [1.165, 1.54) is 20.1 Å². The van der Waals surface area contributed by atoms with Gasteiger partial charge in [0.1, 0.15) is 17.1 Å². The van der Waals surface area contributed by atoms with Gasteiger partial charge in [0.2, 0.25) is 5.82 Å². The van der Waals surface area contributed by atoms with Crippen LogP contribution in [0.1, 0.15) is 50.4 Å². The van der Waals surface area contributed by atoms with E-state index in [9.17, 15) is 14.9 Å². The second kappa shape index (κ2) is 9.71. The molecule has 1 aromatic heterocycles. The standard InChI is InChI=1S/C25H30FN5O5/c1-15-21(31(33)34)22(28-23(27-15)35-5)30(24(32)36-25(2,3)4)13-18-7-6-17(12-20(18)26)19-14-29-10-8-16(19)9-11-29/h6-7,12,14,16H,8-11,13H2,1-5H3. The number of halogens is 1. The Bertz CT molecular complexity index is 1220. The molecular weight excluding hydrogens is 469 g/mol. The maximum Gasteiger partial charge on any atom is 0.416 e. The Kier molecular flexibility index (Phi) is 6.83. The van der Waals surface area contributed by atoms with E-state index in [0.717, 1.165) is 42.0 Å². The van der Waals surface area contributed by atoms with Crippen LogP contribution in [-0.2, 0) is 11.3 Å². The van der Waals surface area contributed by atoms with Crippen molar-refractivity contribution in [1.29, 1.82) is 0 Å². The van der Waals surface area contributed by atoms with Crippen molar-refractivity contribution < 1.29 is 23.6 Å². The first kappa shape index (κ1) is 25.3. The number of aromatic nitrogens is 2. The van der Waals surface area contributed by atoms with Gasteiger partial charge in [0.15, 0.2) is 0 Å². The zero-order chi connectivity index (χ0) is 26.2. The summed E-state index contributed by atoms with van der Waals surface area (Å²) in [5.74, 6) is -0.460. The third kappa shape index (κ3) is 5.24. The third-order valence-corrected chi connectivity index (χ3v) is 6.26. The number of fused-ring (bicyclic) bond motifs is 2. The minimum atomic E-state index is -0.908. The molecule has 3 aliphatic heterocycles. The molecule has 5 rings (SSSR count). The number of carbonyl (C=O) groups excluding carboxylic acids is 1. The molecule has 36 heavy (non-hydrogen) atoms. The molecule has 0 radical (unpaired) electrons. The van der Waals surface area contributed by atoms with E-state index in [2.05, 4.69) is 21.1 Å². The summed E-state index contributed by atoms with van der Waals surface area (Å²) in [6.07, 6.45) is 3.27. The predicted molar refractivity (Wildman–Crippen MR) is 131 cm³/mol. The van der Waals surface area contributed by atoms with Crippen LogP contribution in [0, 0.1) is 28.8 Å². The van der Waals surface area contributed by atoms with Gasteiger partial charge in [-0.25, -0.2) is 9.18 Å². The fourth-order valence-electron chi connectivity index (χ4n) is 4.54. The number of anilines is 1. The summed E-state index contributed by atoms with van der Waals surface area (Å²) in [6, 6.07) is 4.71. The summed E-state index contributed by atoms with van der Waals surface area (Å²) in [7, 11) is 1.31. The number of piperidine rings is 1. The minimum absolute atomic E-state index is 0.000479. The Morgan fingerprint density at radius 1 is 1.28 bits per heavy atom. The molecule has 0 unspecified atom stereocenters. The number of hydrogen-bond acceptors (Lipinski definition) is 8. The van der Waals surface area contributed by atoms with Crippen molar-refractivity contribution in [2.75, 3.05) is 25.1 Å². The molecular formula is C25H30FN5O5. The maximum atomic E-state index is 15.4. The van der Waals surface area contributed by atoms with Crippen molar-refractivity contribution in [2.45, 2.75) is 52.7 Å². The summed E-state index contributed by atoms with van der Waals surface area (Å²) >= 11 is 0. The smallest absolute Gasteiger partial charge is 0.416 e. The van der Waals surface area contributed by atoms with Crippen molar-refractivity contribution in [3.05, 3.63) is 57.2 Å². The van der Waals surface area contributed by atoms with Crippen molar-refractivity contribution in [1.82, 2.24) is 14.9 Å². The fourth-order valence-corrected chi connectivity index (χ4v) is 4.54. The Balaban J connectivity index is 1.74. The number of amides is 1. The van der Waals surface area contributed by atoms with E-state index in [4.69, 9.17) is 9.47 Å². The number of aryl methyl sites for hydroxylation is 1. The van der Waals surface area contributed by atoms with Crippen molar-refractivity contribution >= 4 is 23.2 Å². The number of rotatable bonds is 6. The largest absolute Gasteiger partial charge is 0.467 e. The molecule has 1 amide bonds. The number of hydrogen-bond donors (Lipinski definition) is 0. The molecule has 1 aromatic carbocycles.